The topological polar surface area (TPSA) is 35.5 Å². The van der Waals surface area contributed by atoms with Gasteiger partial charge in [-0.15, -0.1) is 5.92 Å². The monoisotopic (exact) mass is 312 g/mol. The van der Waals surface area contributed by atoms with E-state index < -0.39 is 17.4 Å². The number of rotatable bonds is 4. The molecular weight excluding hydrogens is 295 g/mol. The number of carbonyl (C=O) groups excluding carboxylic acids is 1. The highest BCUT2D eigenvalue weighted by Gasteiger charge is 2.20. The molecule has 0 heterocycles. The van der Waals surface area contributed by atoms with Gasteiger partial charge in [-0.2, -0.15) is 0 Å². The van der Waals surface area contributed by atoms with Gasteiger partial charge in [-0.3, -0.25) is 0 Å². The van der Waals surface area contributed by atoms with E-state index in [1.165, 1.54) is 18.2 Å². The van der Waals surface area contributed by atoms with E-state index in [1.54, 1.807) is 45.0 Å². The van der Waals surface area contributed by atoms with Crippen LogP contribution in [0.25, 0.3) is 0 Å². The van der Waals surface area contributed by atoms with Gasteiger partial charge in [0.15, 0.2) is 17.2 Å². The van der Waals surface area contributed by atoms with E-state index in [2.05, 4.69) is 11.8 Å². The molecule has 118 valence electrons. The van der Waals surface area contributed by atoms with Crippen LogP contribution in [0.2, 0.25) is 0 Å². The second-order valence-corrected chi connectivity index (χ2v) is 5.34. The highest BCUT2D eigenvalue weighted by atomic mass is 19.1. The largest absolute Gasteiger partial charge is 0.472 e. The number of benzene rings is 2. The summed E-state index contributed by atoms with van der Waals surface area (Å²) < 4.78 is 24.7. The maximum atomic E-state index is 13.9. The Kier molecular flexibility index (Phi) is 5.02. The molecule has 0 spiro atoms. The normalized spacial score (nSPS) is 10.4. The van der Waals surface area contributed by atoms with Gasteiger partial charge in [-0.05, 0) is 51.1 Å². The van der Waals surface area contributed by atoms with Crippen LogP contribution in [0.3, 0.4) is 0 Å². The lowest BCUT2D eigenvalue weighted by molar-refractivity contribution is 0.0733. The molecule has 0 saturated heterocycles. The summed E-state index contributed by atoms with van der Waals surface area (Å²) in [5.74, 6) is 4.79. The van der Waals surface area contributed by atoms with Gasteiger partial charge < -0.3 is 9.47 Å². The Balaban J connectivity index is 2.22. The third-order valence-corrected chi connectivity index (χ3v) is 2.91. The Bertz CT molecular complexity index is 755. The number of ether oxygens (including phenoxy) is 2. The molecule has 0 unspecified atom stereocenters. The summed E-state index contributed by atoms with van der Waals surface area (Å²) in [6.45, 7) is 5.12. The summed E-state index contributed by atoms with van der Waals surface area (Å²) in [7, 11) is 0. The first-order valence-electron chi connectivity index (χ1n) is 7.11. The Morgan fingerprint density at radius 3 is 2.48 bits per heavy atom. The van der Waals surface area contributed by atoms with E-state index in [9.17, 15) is 9.18 Å². The van der Waals surface area contributed by atoms with E-state index in [1.807, 2.05) is 6.07 Å². The second-order valence-electron chi connectivity index (χ2n) is 5.34. The van der Waals surface area contributed by atoms with Crippen LogP contribution in [0.4, 0.5) is 4.39 Å². The maximum Gasteiger partial charge on any atom is 0.343 e. The van der Waals surface area contributed by atoms with Crippen molar-refractivity contribution in [3.05, 3.63) is 59.9 Å². The van der Waals surface area contributed by atoms with Crippen LogP contribution in [0.1, 0.15) is 31.1 Å². The molecule has 2 aromatic carbocycles. The molecule has 0 aromatic heterocycles. The van der Waals surface area contributed by atoms with Gasteiger partial charge in [-0.1, -0.05) is 24.1 Å². The average Bonchev–Trinajstić information content (AvgIpc) is 2.50. The standard InChI is InChI=1S/C19H17FO3/c1-4-12-19(2,3)23-17-13-14(10-11-16(17)20)18(21)22-15-8-6-5-7-9-15/h5-11,13H,1-3H3. The number of hydrogen-bond acceptors (Lipinski definition) is 3. The minimum absolute atomic E-state index is 0.0414. The van der Waals surface area contributed by atoms with Crippen molar-refractivity contribution in [3.63, 3.8) is 0 Å². The fourth-order valence-corrected chi connectivity index (χ4v) is 1.96. The van der Waals surface area contributed by atoms with Gasteiger partial charge >= 0.3 is 5.97 Å². The molecule has 0 atom stereocenters. The molecule has 0 aliphatic rings. The Morgan fingerprint density at radius 1 is 1.13 bits per heavy atom. The van der Waals surface area contributed by atoms with Crippen molar-refractivity contribution >= 4 is 5.97 Å². The zero-order chi connectivity index (χ0) is 16.9. The Hall–Kier alpha value is -2.80. The number of hydrogen-bond donors (Lipinski definition) is 0. The first-order valence-corrected chi connectivity index (χ1v) is 7.11. The molecule has 0 amide bonds. The van der Waals surface area contributed by atoms with Crippen molar-refractivity contribution in [2.75, 3.05) is 0 Å². The summed E-state index contributed by atoms with van der Waals surface area (Å²) in [6, 6.07) is 12.5. The van der Waals surface area contributed by atoms with Crippen molar-refractivity contribution < 1.29 is 18.7 Å². The molecule has 0 saturated carbocycles. The van der Waals surface area contributed by atoms with Crippen molar-refractivity contribution in [2.24, 2.45) is 0 Å². The first kappa shape index (κ1) is 16.6. The van der Waals surface area contributed by atoms with E-state index in [-0.39, 0.29) is 11.3 Å². The molecule has 2 aromatic rings. The van der Waals surface area contributed by atoms with Crippen LogP contribution in [0, 0.1) is 17.7 Å². The van der Waals surface area contributed by atoms with Crippen LogP contribution < -0.4 is 9.47 Å². The van der Waals surface area contributed by atoms with Crippen LogP contribution in [-0.2, 0) is 0 Å². The lowest BCUT2D eigenvalue weighted by atomic mass is 10.1. The molecule has 0 N–H and O–H groups in total. The maximum absolute atomic E-state index is 13.9. The molecule has 23 heavy (non-hydrogen) atoms. The van der Waals surface area contributed by atoms with Crippen molar-refractivity contribution in [1.82, 2.24) is 0 Å². The lowest BCUT2D eigenvalue weighted by Gasteiger charge is -2.21. The van der Waals surface area contributed by atoms with Crippen LogP contribution in [0.15, 0.2) is 48.5 Å². The molecule has 2 rings (SSSR count). The molecule has 0 aliphatic heterocycles. The Labute approximate surface area is 135 Å². The SMILES string of the molecule is CC#CC(C)(C)Oc1cc(C(=O)Oc2ccccc2)ccc1F. The molecule has 0 radical (unpaired) electrons. The zero-order valence-corrected chi connectivity index (χ0v) is 13.2. The van der Waals surface area contributed by atoms with Crippen LogP contribution in [0.5, 0.6) is 11.5 Å². The summed E-state index contributed by atoms with van der Waals surface area (Å²) in [4.78, 5) is 12.1. The van der Waals surface area contributed by atoms with E-state index in [0.717, 1.165) is 0 Å². The molecule has 4 heteroatoms. The number of halogens is 1. The van der Waals surface area contributed by atoms with E-state index >= 15 is 0 Å². The fraction of sp³-hybridized carbons (Fsp3) is 0.211. The third-order valence-electron chi connectivity index (χ3n) is 2.91. The molecule has 0 fully saturated rings. The predicted molar refractivity (Wildman–Crippen MR) is 86.0 cm³/mol. The van der Waals surface area contributed by atoms with E-state index in [0.29, 0.717) is 5.75 Å². The second kappa shape index (κ2) is 6.97. The molecule has 0 aliphatic carbocycles. The van der Waals surface area contributed by atoms with E-state index in [4.69, 9.17) is 9.47 Å². The molecule has 3 nitrogen and oxygen atoms in total. The summed E-state index contributed by atoms with van der Waals surface area (Å²) in [5, 5.41) is 0. The highest BCUT2D eigenvalue weighted by Crippen LogP contribution is 2.24. The fourth-order valence-electron chi connectivity index (χ4n) is 1.96. The van der Waals surface area contributed by atoms with Gasteiger partial charge in [0.2, 0.25) is 0 Å². The smallest absolute Gasteiger partial charge is 0.343 e. The lowest BCUT2D eigenvalue weighted by Crippen LogP contribution is -2.26. The molecule has 0 bridgehead atoms. The summed E-state index contributed by atoms with van der Waals surface area (Å²) in [5.41, 5.74) is -0.664. The van der Waals surface area contributed by atoms with Gasteiger partial charge in [0.1, 0.15) is 5.75 Å². The van der Waals surface area contributed by atoms with Crippen molar-refractivity contribution in [1.29, 1.82) is 0 Å². The summed E-state index contributed by atoms with van der Waals surface area (Å²) in [6.07, 6.45) is 0. The minimum atomic E-state index is -0.864. The molecular formula is C19H17FO3. The number of esters is 1. The summed E-state index contributed by atoms with van der Waals surface area (Å²) >= 11 is 0. The number of para-hydroxylation sites is 1. The van der Waals surface area contributed by atoms with Gasteiger partial charge in [0.25, 0.3) is 0 Å². The Morgan fingerprint density at radius 2 is 1.83 bits per heavy atom. The first-order chi connectivity index (χ1) is 10.9. The van der Waals surface area contributed by atoms with Crippen LogP contribution >= 0.6 is 0 Å². The zero-order valence-electron chi connectivity index (χ0n) is 13.2. The minimum Gasteiger partial charge on any atom is -0.472 e. The predicted octanol–water partition coefficient (Wildman–Crippen LogP) is 4.23. The van der Waals surface area contributed by atoms with Gasteiger partial charge in [0.05, 0.1) is 5.56 Å². The van der Waals surface area contributed by atoms with Crippen molar-refractivity contribution in [2.45, 2.75) is 26.4 Å². The quantitative estimate of drug-likeness (QED) is 0.481. The third kappa shape index (κ3) is 4.58. The average molecular weight is 312 g/mol. The highest BCUT2D eigenvalue weighted by molar-refractivity contribution is 5.91. The van der Waals surface area contributed by atoms with Crippen LogP contribution in [-0.4, -0.2) is 11.6 Å². The van der Waals surface area contributed by atoms with Gasteiger partial charge in [-0.25, -0.2) is 9.18 Å². The number of carbonyl (C=O) groups is 1. The van der Waals surface area contributed by atoms with Crippen molar-refractivity contribution in [3.8, 4) is 23.3 Å². The van der Waals surface area contributed by atoms with Gasteiger partial charge in [0, 0.05) is 0 Å².